The van der Waals surface area contributed by atoms with Crippen molar-refractivity contribution in [1.29, 1.82) is 0 Å². The number of nitrogens with zero attached hydrogens (tertiary/aromatic N) is 3. The second-order valence-electron chi connectivity index (χ2n) is 8.92. The van der Waals surface area contributed by atoms with Gasteiger partial charge in [-0.15, -0.1) is 0 Å². The monoisotopic (exact) mass is 461 g/mol. The number of carbonyl (C=O) groups is 1. The highest BCUT2D eigenvalue weighted by Crippen LogP contribution is 2.48. The first-order chi connectivity index (χ1) is 14.8. The van der Waals surface area contributed by atoms with E-state index < -0.39 is 0 Å². The van der Waals surface area contributed by atoms with E-state index in [0.29, 0.717) is 22.0 Å². The molecule has 4 rings (SSSR count). The van der Waals surface area contributed by atoms with Gasteiger partial charge in [-0.1, -0.05) is 29.3 Å². The van der Waals surface area contributed by atoms with Gasteiger partial charge < -0.3 is 15.5 Å². The topological polar surface area (TPSA) is 70.1 Å². The van der Waals surface area contributed by atoms with Gasteiger partial charge in [0.15, 0.2) is 0 Å². The van der Waals surface area contributed by atoms with Crippen molar-refractivity contribution in [1.82, 2.24) is 15.3 Å². The molecule has 2 fully saturated rings. The zero-order valence-corrected chi connectivity index (χ0v) is 19.7. The smallest absolute Gasteiger partial charge is 0.224 e. The second-order valence-corrected chi connectivity index (χ2v) is 9.73. The largest absolute Gasteiger partial charge is 0.362 e. The molecule has 2 N–H and O–H groups in total. The normalized spacial score (nSPS) is 25.1. The van der Waals surface area contributed by atoms with E-state index in [2.05, 4.69) is 20.6 Å². The number of aryl methyl sites for hydroxylation is 1. The molecular formula is C23H29Cl2N5O. The molecule has 0 aliphatic heterocycles. The predicted octanol–water partition coefficient (Wildman–Crippen LogP) is 4.80. The van der Waals surface area contributed by atoms with Gasteiger partial charge in [-0.3, -0.25) is 4.79 Å². The van der Waals surface area contributed by atoms with Crippen LogP contribution in [0.15, 0.2) is 24.4 Å². The minimum atomic E-state index is 0.0403. The lowest BCUT2D eigenvalue weighted by molar-refractivity contribution is -0.123. The number of benzene rings is 1. The number of carbonyl (C=O) groups excluding carboxylic acids is 1. The lowest BCUT2D eigenvalue weighted by atomic mass is 9.91. The lowest BCUT2D eigenvalue weighted by Gasteiger charge is -2.30. The average molecular weight is 462 g/mol. The van der Waals surface area contributed by atoms with Crippen molar-refractivity contribution in [3.8, 4) is 0 Å². The highest BCUT2D eigenvalue weighted by atomic mass is 35.5. The Morgan fingerprint density at radius 3 is 2.48 bits per heavy atom. The first kappa shape index (κ1) is 22.2. The van der Waals surface area contributed by atoms with Gasteiger partial charge in [0.25, 0.3) is 0 Å². The Bertz CT molecular complexity index is 959. The second kappa shape index (κ2) is 9.21. The third kappa shape index (κ3) is 5.24. The standard InChI is InChI=1S/C23H29Cl2N5O/c1-13-12-26-23(29-21(13)30(2)3)28-16-7-5-15(6-8-16)27-22(31)18-11-17(18)14-4-9-19(24)20(25)10-14/h4,9-10,12,15-18H,5-8,11H2,1-3H3,(H,27,31)(H,26,28,29)/t15-,16-,17-,18-/m1/s1. The van der Waals surface area contributed by atoms with Gasteiger partial charge in [0, 0.05) is 43.9 Å². The maximum absolute atomic E-state index is 12.7. The van der Waals surface area contributed by atoms with Crippen LogP contribution in [0.2, 0.25) is 10.0 Å². The molecule has 2 aliphatic rings. The zero-order chi connectivity index (χ0) is 22.1. The number of halogens is 2. The minimum absolute atomic E-state index is 0.0403. The van der Waals surface area contributed by atoms with Crippen LogP contribution in [0.4, 0.5) is 11.8 Å². The molecule has 2 saturated carbocycles. The Kier molecular flexibility index (Phi) is 6.58. The van der Waals surface area contributed by atoms with Crippen LogP contribution in [0.3, 0.4) is 0 Å². The quantitative estimate of drug-likeness (QED) is 0.646. The first-order valence-corrected chi connectivity index (χ1v) is 11.6. The van der Waals surface area contributed by atoms with Crippen LogP contribution >= 0.6 is 23.2 Å². The number of aromatic nitrogens is 2. The summed E-state index contributed by atoms with van der Waals surface area (Å²) in [5, 5.41) is 7.82. The van der Waals surface area contributed by atoms with Crippen LogP contribution in [0.5, 0.6) is 0 Å². The number of rotatable bonds is 6. The summed E-state index contributed by atoms with van der Waals surface area (Å²) in [4.78, 5) is 23.8. The van der Waals surface area contributed by atoms with E-state index in [1.807, 2.05) is 44.2 Å². The molecule has 2 aromatic rings. The molecule has 1 aromatic heterocycles. The molecule has 2 aliphatic carbocycles. The maximum Gasteiger partial charge on any atom is 0.224 e. The zero-order valence-electron chi connectivity index (χ0n) is 18.2. The van der Waals surface area contributed by atoms with Crippen molar-refractivity contribution >= 4 is 40.9 Å². The lowest BCUT2D eigenvalue weighted by Crippen LogP contribution is -2.41. The van der Waals surface area contributed by atoms with Crippen molar-refractivity contribution in [2.24, 2.45) is 5.92 Å². The first-order valence-electron chi connectivity index (χ1n) is 10.8. The molecule has 0 bridgehead atoms. The molecule has 6 nitrogen and oxygen atoms in total. The average Bonchev–Trinajstić information content (AvgIpc) is 3.54. The van der Waals surface area contributed by atoms with E-state index >= 15 is 0 Å². The molecule has 8 heteroatoms. The Morgan fingerprint density at radius 1 is 1.10 bits per heavy atom. The fourth-order valence-corrected chi connectivity index (χ4v) is 4.73. The predicted molar refractivity (Wildman–Crippen MR) is 126 cm³/mol. The molecule has 0 spiro atoms. The van der Waals surface area contributed by atoms with Crippen LogP contribution < -0.4 is 15.5 Å². The summed E-state index contributed by atoms with van der Waals surface area (Å²) >= 11 is 12.1. The number of hydrogen-bond donors (Lipinski definition) is 2. The van der Waals surface area contributed by atoms with Gasteiger partial charge in [0.1, 0.15) is 5.82 Å². The van der Waals surface area contributed by atoms with Crippen molar-refractivity contribution in [3.63, 3.8) is 0 Å². The summed E-state index contributed by atoms with van der Waals surface area (Å²) in [6.07, 6.45) is 6.62. The van der Waals surface area contributed by atoms with E-state index in [9.17, 15) is 4.79 Å². The highest BCUT2D eigenvalue weighted by molar-refractivity contribution is 6.42. The summed E-state index contributed by atoms with van der Waals surface area (Å²) in [5.74, 6) is 2.05. The molecule has 2 atom stereocenters. The maximum atomic E-state index is 12.7. The number of nitrogens with one attached hydrogen (secondary N) is 2. The number of anilines is 2. The van der Waals surface area contributed by atoms with Crippen LogP contribution in [0.25, 0.3) is 0 Å². The fraction of sp³-hybridized carbons (Fsp3) is 0.522. The summed E-state index contributed by atoms with van der Waals surface area (Å²) in [7, 11) is 3.97. The van der Waals surface area contributed by atoms with E-state index in [-0.39, 0.29) is 23.8 Å². The van der Waals surface area contributed by atoms with E-state index in [1.165, 1.54) is 0 Å². The molecule has 1 heterocycles. The molecule has 1 aromatic carbocycles. The third-order valence-electron chi connectivity index (χ3n) is 6.27. The van der Waals surface area contributed by atoms with E-state index in [1.54, 1.807) is 6.07 Å². The highest BCUT2D eigenvalue weighted by Gasteiger charge is 2.44. The number of hydrogen-bond acceptors (Lipinski definition) is 5. The van der Waals surface area contributed by atoms with Gasteiger partial charge in [-0.25, -0.2) is 4.98 Å². The van der Waals surface area contributed by atoms with Crippen LogP contribution in [-0.4, -0.2) is 42.1 Å². The van der Waals surface area contributed by atoms with E-state index in [4.69, 9.17) is 23.2 Å². The van der Waals surface area contributed by atoms with Crippen molar-refractivity contribution in [2.45, 2.75) is 57.0 Å². The molecule has 1 amide bonds. The molecule has 166 valence electrons. The fourth-order valence-electron chi connectivity index (χ4n) is 4.42. The van der Waals surface area contributed by atoms with Gasteiger partial charge >= 0.3 is 0 Å². The van der Waals surface area contributed by atoms with Gasteiger partial charge in [-0.05, 0) is 62.6 Å². The van der Waals surface area contributed by atoms with Crippen LogP contribution in [-0.2, 0) is 4.79 Å². The van der Waals surface area contributed by atoms with Crippen molar-refractivity contribution in [2.75, 3.05) is 24.3 Å². The van der Waals surface area contributed by atoms with Crippen molar-refractivity contribution < 1.29 is 4.79 Å². The Morgan fingerprint density at radius 2 is 1.81 bits per heavy atom. The SMILES string of the molecule is Cc1cnc(N[C@H]2CC[C@H](NC(=O)[C@@H]3C[C@@H]3c3ccc(Cl)c(Cl)c3)CC2)nc1N(C)C. The molecular weight excluding hydrogens is 433 g/mol. The minimum Gasteiger partial charge on any atom is -0.362 e. The van der Waals surface area contributed by atoms with Gasteiger partial charge in [0.2, 0.25) is 11.9 Å². The summed E-state index contributed by atoms with van der Waals surface area (Å²) in [5.41, 5.74) is 2.15. The Balaban J connectivity index is 1.25. The molecule has 0 saturated heterocycles. The third-order valence-corrected chi connectivity index (χ3v) is 7.01. The molecule has 31 heavy (non-hydrogen) atoms. The van der Waals surface area contributed by atoms with E-state index in [0.717, 1.165) is 49.0 Å². The summed E-state index contributed by atoms with van der Waals surface area (Å²) < 4.78 is 0. The van der Waals surface area contributed by atoms with Gasteiger partial charge in [-0.2, -0.15) is 4.98 Å². The number of amides is 1. The molecule has 0 unspecified atom stereocenters. The Labute approximate surface area is 193 Å². The van der Waals surface area contributed by atoms with Gasteiger partial charge in [0.05, 0.1) is 10.0 Å². The van der Waals surface area contributed by atoms with Crippen molar-refractivity contribution in [3.05, 3.63) is 45.6 Å². The summed E-state index contributed by atoms with van der Waals surface area (Å²) in [6, 6.07) is 6.22. The Hall–Kier alpha value is -2.05. The summed E-state index contributed by atoms with van der Waals surface area (Å²) in [6.45, 7) is 2.01. The molecule has 0 radical (unpaired) electrons. The van der Waals surface area contributed by atoms with Crippen LogP contribution in [0, 0.1) is 12.8 Å². The van der Waals surface area contributed by atoms with Crippen LogP contribution in [0.1, 0.15) is 49.1 Å².